The summed E-state index contributed by atoms with van der Waals surface area (Å²) >= 11 is 7.11. The number of carbonyl (C=O) groups is 2. The number of hydrogen-bond donors (Lipinski definition) is 1. The van der Waals surface area contributed by atoms with Crippen LogP contribution in [0.5, 0.6) is 0 Å². The quantitative estimate of drug-likeness (QED) is 0.469. The second kappa shape index (κ2) is 8.83. The Labute approximate surface area is 239 Å². The van der Waals surface area contributed by atoms with Gasteiger partial charge in [-0.15, -0.1) is 0 Å². The van der Waals surface area contributed by atoms with Crippen molar-refractivity contribution >= 4 is 40.1 Å². The van der Waals surface area contributed by atoms with Gasteiger partial charge in [0.15, 0.2) is 5.82 Å². The minimum absolute atomic E-state index is 0.0163. The van der Waals surface area contributed by atoms with Gasteiger partial charge >= 0.3 is 0 Å². The van der Waals surface area contributed by atoms with Crippen molar-refractivity contribution in [3.8, 4) is 11.1 Å². The first-order valence-corrected chi connectivity index (χ1v) is 14.7. The molecule has 4 aliphatic rings. The standard InChI is InChI=1S/C30H36ClN7O2/c1-5-24(40)36-14-29(15-36)11-21(12-29)38-19(3)25(26-22-13-32-33-23(22)10-18(2)27(26)31)28(34-38)37-9-7-6-8-30(37)16-35(17-30)20(4)39/h5,10,13,21H,1,6-9,11-12,14-17H2,2-4H3,(H,32,33). The Kier molecular flexibility index (Phi) is 5.66. The van der Waals surface area contributed by atoms with Crippen LogP contribution in [0.15, 0.2) is 24.9 Å². The molecule has 10 heteroatoms. The number of fused-ring (bicyclic) bond motifs is 1. The Balaban J connectivity index is 1.32. The second-order valence-electron chi connectivity index (χ2n) is 12.6. The zero-order valence-electron chi connectivity index (χ0n) is 23.5. The molecule has 2 spiro atoms. The third kappa shape index (κ3) is 3.59. The van der Waals surface area contributed by atoms with E-state index in [9.17, 15) is 9.59 Å². The highest BCUT2D eigenvalue weighted by atomic mass is 35.5. The minimum Gasteiger partial charge on any atom is -0.345 e. The van der Waals surface area contributed by atoms with E-state index in [0.717, 1.165) is 109 Å². The van der Waals surface area contributed by atoms with Crippen molar-refractivity contribution in [2.24, 2.45) is 5.41 Å². The van der Waals surface area contributed by atoms with E-state index in [4.69, 9.17) is 16.7 Å². The molecule has 1 aliphatic carbocycles. The number of aromatic amines is 1. The van der Waals surface area contributed by atoms with E-state index in [1.165, 1.54) is 6.08 Å². The molecule has 9 nitrogen and oxygen atoms in total. The van der Waals surface area contributed by atoms with Gasteiger partial charge in [-0.05, 0) is 63.7 Å². The lowest BCUT2D eigenvalue weighted by Gasteiger charge is -2.59. The summed E-state index contributed by atoms with van der Waals surface area (Å²) in [6.07, 6.45) is 8.56. The van der Waals surface area contributed by atoms with Gasteiger partial charge in [0.1, 0.15) is 0 Å². The minimum atomic E-state index is -0.101. The highest BCUT2D eigenvalue weighted by Crippen LogP contribution is 2.56. The Morgan fingerprint density at radius 3 is 2.58 bits per heavy atom. The zero-order chi connectivity index (χ0) is 28.0. The maximum atomic E-state index is 12.2. The fourth-order valence-corrected chi connectivity index (χ4v) is 8.10. The number of halogens is 1. The summed E-state index contributed by atoms with van der Waals surface area (Å²) in [5.41, 5.74) is 5.19. The number of nitrogens with one attached hydrogen (secondary N) is 1. The number of hydrogen-bond acceptors (Lipinski definition) is 5. The fraction of sp³-hybridized carbons (Fsp3) is 0.533. The molecule has 210 valence electrons. The van der Waals surface area contributed by atoms with Gasteiger partial charge in [0.05, 0.1) is 28.3 Å². The molecular formula is C30H36ClN7O2. The summed E-state index contributed by atoms with van der Waals surface area (Å²) in [7, 11) is 0. The van der Waals surface area contributed by atoms with Crippen LogP contribution in [0.1, 0.15) is 56.3 Å². The van der Waals surface area contributed by atoms with E-state index in [1.807, 2.05) is 22.9 Å². The molecule has 7 rings (SSSR count). The molecule has 3 aliphatic heterocycles. The van der Waals surface area contributed by atoms with Gasteiger partial charge in [0.25, 0.3) is 0 Å². The summed E-state index contributed by atoms with van der Waals surface area (Å²) in [6.45, 7) is 13.4. The molecule has 0 radical (unpaired) electrons. The molecule has 1 saturated carbocycles. The number of aryl methyl sites for hydroxylation is 1. The van der Waals surface area contributed by atoms with Gasteiger partial charge in [-0.1, -0.05) is 18.2 Å². The Bertz CT molecular complexity index is 1550. The first kappa shape index (κ1) is 25.6. The van der Waals surface area contributed by atoms with Crippen molar-refractivity contribution in [1.82, 2.24) is 29.8 Å². The lowest BCUT2D eigenvalue weighted by atomic mass is 9.60. The number of carbonyl (C=O) groups excluding carboxylic acids is 2. The Morgan fingerprint density at radius 2 is 1.88 bits per heavy atom. The van der Waals surface area contributed by atoms with Crippen LogP contribution in [0.4, 0.5) is 5.82 Å². The van der Waals surface area contributed by atoms with Crippen LogP contribution in [0.25, 0.3) is 22.0 Å². The zero-order valence-corrected chi connectivity index (χ0v) is 24.2. The number of piperidine rings is 1. The summed E-state index contributed by atoms with van der Waals surface area (Å²) in [4.78, 5) is 30.6. The third-order valence-corrected chi connectivity index (χ3v) is 10.5. The van der Waals surface area contributed by atoms with Gasteiger partial charge in [-0.2, -0.15) is 10.2 Å². The van der Waals surface area contributed by atoms with Crippen LogP contribution >= 0.6 is 11.6 Å². The number of benzene rings is 1. The van der Waals surface area contributed by atoms with Crippen LogP contribution in [0, 0.1) is 19.3 Å². The molecule has 5 heterocycles. The van der Waals surface area contributed by atoms with Crippen molar-refractivity contribution in [1.29, 1.82) is 0 Å². The summed E-state index contributed by atoms with van der Waals surface area (Å²) < 4.78 is 2.22. The molecule has 0 unspecified atom stereocenters. The SMILES string of the molecule is C=CC(=O)N1CC2(CC(n3nc(N4CCCCC45CN(C(C)=O)C5)c(-c4c(Cl)c(C)cc5[nH]ncc45)c3C)C2)C1. The Hall–Kier alpha value is -3.33. The number of likely N-dealkylation sites (tertiary alicyclic amines) is 2. The Morgan fingerprint density at radius 1 is 1.12 bits per heavy atom. The van der Waals surface area contributed by atoms with Crippen molar-refractivity contribution in [3.63, 3.8) is 0 Å². The second-order valence-corrected chi connectivity index (χ2v) is 13.0. The molecule has 3 saturated heterocycles. The molecule has 40 heavy (non-hydrogen) atoms. The van der Waals surface area contributed by atoms with Crippen LogP contribution in [0.2, 0.25) is 5.02 Å². The predicted molar refractivity (Wildman–Crippen MR) is 155 cm³/mol. The molecule has 3 aromatic rings. The highest BCUT2D eigenvalue weighted by molar-refractivity contribution is 6.36. The highest BCUT2D eigenvalue weighted by Gasteiger charge is 2.55. The summed E-state index contributed by atoms with van der Waals surface area (Å²) in [5, 5.41) is 14.6. The largest absolute Gasteiger partial charge is 0.345 e. The monoisotopic (exact) mass is 561 g/mol. The van der Waals surface area contributed by atoms with Gasteiger partial charge < -0.3 is 14.7 Å². The molecule has 1 aromatic carbocycles. The molecular weight excluding hydrogens is 526 g/mol. The number of rotatable bonds is 4. The average molecular weight is 562 g/mol. The van der Waals surface area contributed by atoms with E-state index < -0.39 is 0 Å². The van der Waals surface area contributed by atoms with Gasteiger partial charge in [-0.3, -0.25) is 19.4 Å². The van der Waals surface area contributed by atoms with Crippen LogP contribution < -0.4 is 4.90 Å². The van der Waals surface area contributed by atoms with Gasteiger partial charge in [-0.25, -0.2) is 0 Å². The number of H-pyrrole nitrogens is 1. The number of aromatic nitrogens is 4. The molecule has 2 amide bonds. The van der Waals surface area contributed by atoms with Gasteiger partial charge in [0.2, 0.25) is 11.8 Å². The van der Waals surface area contributed by atoms with E-state index in [1.54, 1.807) is 6.92 Å². The molecule has 0 atom stereocenters. The van der Waals surface area contributed by atoms with Gasteiger partial charge in [0, 0.05) is 67.3 Å². The molecule has 1 N–H and O–H groups in total. The van der Waals surface area contributed by atoms with Crippen molar-refractivity contribution in [3.05, 3.63) is 41.2 Å². The number of anilines is 1. The van der Waals surface area contributed by atoms with Crippen LogP contribution in [-0.2, 0) is 9.59 Å². The fourth-order valence-electron chi connectivity index (χ4n) is 7.85. The van der Waals surface area contributed by atoms with E-state index in [-0.39, 0.29) is 28.8 Å². The normalized spacial score (nSPS) is 21.4. The van der Waals surface area contributed by atoms with Crippen LogP contribution in [-0.4, -0.2) is 79.9 Å². The van der Waals surface area contributed by atoms with Crippen molar-refractivity contribution in [2.45, 2.75) is 64.5 Å². The molecule has 4 fully saturated rings. The molecule has 2 aromatic heterocycles. The van der Waals surface area contributed by atoms with E-state index in [0.29, 0.717) is 0 Å². The first-order chi connectivity index (χ1) is 19.2. The number of amides is 2. The predicted octanol–water partition coefficient (Wildman–Crippen LogP) is 4.64. The van der Waals surface area contributed by atoms with Crippen molar-refractivity contribution < 1.29 is 9.59 Å². The number of nitrogens with zero attached hydrogens (tertiary/aromatic N) is 6. The molecule has 0 bridgehead atoms. The lowest BCUT2D eigenvalue weighted by molar-refractivity contribution is -0.149. The summed E-state index contributed by atoms with van der Waals surface area (Å²) in [6, 6.07) is 2.32. The summed E-state index contributed by atoms with van der Waals surface area (Å²) in [5.74, 6) is 1.11. The topological polar surface area (TPSA) is 90.4 Å². The van der Waals surface area contributed by atoms with Crippen molar-refractivity contribution in [2.75, 3.05) is 37.6 Å². The third-order valence-electron chi connectivity index (χ3n) is 9.99. The van der Waals surface area contributed by atoms with Crippen LogP contribution in [0.3, 0.4) is 0 Å². The average Bonchev–Trinajstić information content (AvgIpc) is 3.45. The van der Waals surface area contributed by atoms with E-state index in [2.05, 4.69) is 39.3 Å². The first-order valence-electron chi connectivity index (χ1n) is 14.3. The maximum Gasteiger partial charge on any atom is 0.245 e. The maximum absolute atomic E-state index is 12.2. The lowest BCUT2D eigenvalue weighted by Crippen LogP contribution is -2.72. The van der Waals surface area contributed by atoms with E-state index >= 15 is 0 Å². The smallest absolute Gasteiger partial charge is 0.245 e.